The van der Waals surface area contributed by atoms with Crippen molar-refractivity contribution in [3.63, 3.8) is 0 Å². The second kappa shape index (κ2) is 5.75. The minimum absolute atomic E-state index is 0.0965. The van der Waals surface area contributed by atoms with Crippen molar-refractivity contribution in [1.29, 1.82) is 0 Å². The van der Waals surface area contributed by atoms with Gasteiger partial charge >= 0.3 is 0 Å². The van der Waals surface area contributed by atoms with Crippen molar-refractivity contribution in [1.82, 2.24) is 0 Å². The molecule has 21 heavy (non-hydrogen) atoms. The van der Waals surface area contributed by atoms with E-state index >= 15 is 0 Å². The topological polar surface area (TPSA) is 72.2 Å². The number of nitrogens with one attached hydrogen (secondary N) is 1. The summed E-state index contributed by atoms with van der Waals surface area (Å²) in [6.45, 7) is 3.65. The number of nitrogen functional groups attached to an aromatic ring is 1. The minimum atomic E-state index is -3.76. The molecule has 4 nitrogen and oxygen atoms in total. The first-order valence-electron chi connectivity index (χ1n) is 6.04. The fraction of sp³-hybridized carbons (Fsp3) is 0.143. The number of hydrogen-bond donors (Lipinski definition) is 2. The highest BCUT2D eigenvalue weighted by molar-refractivity contribution is 7.92. The van der Waals surface area contributed by atoms with Crippen molar-refractivity contribution in [3.8, 4) is 0 Å². The van der Waals surface area contributed by atoms with Gasteiger partial charge in [-0.25, -0.2) is 8.42 Å². The van der Waals surface area contributed by atoms with Crippen molar-refractivity contribution in [2.45, 2.75) is 18.7 Å². The van der Waals surface area contributed by atoms with Gasteiger partial charge in [0.15, 0.2) is 0 Å². The van der Waals surface area contributed by atoms with E-state index in [0.29, 0.717) is 21.4 Å². The Morgan fingerprint density at radius 2 is 1.57 bits per heavy atom. The molecule has 0 aliphatic carbocycles. The number of rotatable bonds is 3. The highest BCUT2D eigenvalue weighted by Gasteiger charge is 2.17. The molecule has 0 fully saturated rings. The van der Waals surface area contributed by atoms with Gasteiger partial charge in [0.2, 0.25) is 0 Å². The molecular weight excluding hydrogens is 331 g/mol. The molecule has 0 spiro atoms. The molecule has 0 amide bonds. The second-order valence-electron chi connectivity index (χ2n) is 4.72. The van der Waals surface area contributed by atoms with Crippen LogP contribution in [0.2, 0.25) is 10.0 Å². The lowest BCUT2D eigenvalue weighted by molar-refractivity contribution is 0.601. The molecule has 0 saturated carbocycles. The molecule has 7 heteroatoms. The van der Waals surface area contributed by atoms with Gasteiger partial charge in [0, 0.05) is 15.7 Å². The van der Waals surface area contributed by atoms with E-state index in [4.69, 9.17) is 28.9 Å². The standard InChI is InChI=1S/C14H14Cl2N2O2S/c1-8-3-13(7-14(17)9(8)2)21(19,20)18-12-5-10(15)4-11(16)6-12/h3-7,18H,17H2,1-2H3. The summed E-state index contributed by atoms with van der Waals surface area (Å²) in [7, 11) is -3.76. The van der Waals surface area contributed by atoms with Crippen molar-refractivity contribution in [2.75, 3.05) is 10.5 Å². The lowest BCUT2D eigenvalue weighted by Gasteiger charge is -2.12. The third-order valence-electron chi connectivity index (χ3n) is 3.11. The van der Waals surface area contributed by atoms with Crippen molar-refractivity contribution in [3.05, 3.63) is 51.5 Å². The number of halogens is 2. The third-order valence-corrected chi connectivity index (χ3v) is 4.90. The zero-order chi connectivity index (χ0) is 15.8. The fourth-order valence-electron chi connectivity index (χ4n) is 1.83. The van der Waals surface area contributed by atoms with Crippen LogP contribution < -0.4 is 10.5 Å². The van der Waals surface area contributed by atoms with Crippen LogP contribution in [0.4, 0.5) is 11.4 Å². The van der Waals surface area contributed by atoms with Crippen LogP contribution in [0.3, 0.4) is 0 Å². The summed E-state index contributed by atoms with van der Waals surface area (Å²) in [5.41, 5.74) is 8.22. The average molecular weight is 345 g/mol. The Labute approximate surface area is 133 Å². The summed E-state index contributed by atoms with van der Waals surface area (Å²) in [5, 5.41) is 0.694. The molecule has 0 radical (unpaired) electrons. The van der Waals surface area contributed by atoms with E-state index < -0.39 is 10.0 Å². The highest BCUT2D eigenvalue weighted by atomic mass is 35.5. The Hall–Kier alpha value is -1.43. The van der Waals surface area contributed by atoms with Gasteiger partial charge in [0.1, 0.15) is 0 Å². The monoisotopic (exact) mass is 344 g/mol. The molecule has 0 aliphatic heterocycles. The maximum absolute atomic E-state index is 12.4. The summed E-state index contributed by atoms with van der Waals surface area (Å²) >= 11 is 11.7. The molecule has 112 valence electrons. The third kappa shape index (κ3) is 3.61. The Bertz CT molecular complexity index is 761. The molecule has 0 unspecified atom stereocenters. The van der Waals surface area contributed by atoms with Gasteiger partial charge in [0.05, 0.1) is 10.6 Å². The molecule has 3 N–H and O–H groups in total. The molecular formula is C14H14Cl2N2O2S. The Morgan fingerprint density at radius 1 is 1.00 bits per heavy atom. The summed E-state index contributed by atoms with van der Waals surface area (Å²) in [5.74, 6) is 0. The first kappa shape index (κ1) is 15.9. The summed E-state index contributed by atoms with van der Waals surface area (Å²) in [6.07, 6.45) is 0. The highest BCUT2D eigenvalue weighted by Crippen LogP contribution is 2.26. The largest absolute Gasteiger partial charge is 0.398 e. The minimum Gasteiger partial charge on any atom is -0.398 e. The first-order chi connectivity index (χ1) is 9.69. The van der Waals surface area contributed by atoms with E-state index in [2.05, 4.69) is 4.72 Å². The van der Waals surface area contributed by atoms with Crippen LogP contribution >= 0.6 is 23.2 Å². The average Bonchev–Trinajstić information content (AvgIpc) is 2.33. The number of anilines is 2. The van der Waals surface area contributed by atoms with Crippen LogP contribution in [-0.4, -0.2) is 8.42 Å². The quantitative estimate of drug-likeness (QED) is 0.826. The van der Waals surface area contributed by atoms with Gasteiger partial charge in [-0.2, -0.15) is 0 Å². The molecule has 0 heterocycles. The number of benzene rings is 2. The van der Waals surface area contributed by atoms with Gasteiger partial charge in [-0.1, -0.05) is 23.2 Å². The number of nitrogens with two attached hydrogens (primary N) is 1. The summed E-state index contributed by atoms with van der Waals surface area (Å²) in [4.78, 5) is 0.0965. The van der Waals surface area contributed by atoms with Crippen LogP contribution in [-0.2, 0) is 10.0 Å². The fourth-order valence-corrected chi connectivity index (χ4v) is 3.52. The number of hydrogen-bond acceptors (Lipinski definition) is 3. The Morgan fingerprint density at radius 3 is 2.10 bits per heavy atom. The van der Waals surface area contributed by atoms with Crippen molar-refractivity contribution >= 4 is 44.6 Å². The smallest absolute Gasteiger partial charge is 0.261 e. The number of aryl methyl sites for hydroxylation is 1. The maximum Gasteiger partial charge on any atom is 0.261 e. The molecule has 2 rings (SSSR count). The molecule has 2 aromatic rings. The number of sulfonamides is 1. The Kier molecular flexibility index (Phi) is 4.37. The van der Waals surface area contributed by atoms with Crippen molar-refractivity contribution in [2.24, 2.45) is 0 Å². The van der Waals surface area contributed by atoms with E-state index in [1.54, 1.807) is 13.0 Å². The van der Waals surface area contributed by atoms with E-state index in [1.807, 2.05) is 6.92 Å². The van der Waals surface area contributed by atoms with Gasteiger partial charge < -0.3 is 5.73 Å². The van der Waals surface area contributed by atoms with Crippen LogP contribution in [0.5, 0.6) is 0 Å². The lowest BCUT2D eigenvalue weighted by Crippen LogP contribution is -2.14. The maximum atomic E-state index is 12.4. The van der Waals surface area contributed by atoms with Gasteiger partial charge in [0.25, 0.3) is 10.0 Å². The first-order valence-corrected chi connectivity index (χ1v) is 8.28. The van der Waals surface area contributed by atoms with Crippen LogP contribution in [0.15, 0.2) is 35.2 Å². The molecule has 0 aliphatic rings. The van der Waals surface area contributed by atoms with Gasteiger partial charge in [-0.15, -0.1) is 0 Å². The van der Waals surface area contributed by atoms with E-state index in [9.17, 15) is 8.42 Å². The molecule has 0 atom stereocenters. The SMILES string of the molecule is Cc1cc(S(=O)(=O)Nc2cc(Cl)cc(Cl)c2)cc(N)c1C. The molecule has 2 aromatic carbocycles. The normalized spacial score (nSPS) is 11.4. The van der Waals surface area contributed by atoms with E-state index in [-0.39, 0.29) is 4.90 Å². The Balaban J connectivity index is 2.43. The zero-order valence-electron chi connectivity index (χ0n) is 11.4. The van der Waals surface area contributed by atoms with Crippen LogP contribution in [0.25, 0.3) is 0 Å². The van der Waals surface area contributed by atoms with Crippen molar-refractivity contribution < 1.29 is 8.42 Å². The predicted molar refractivity (Wildman–Crippen MR) is 87.6 cm³/mol. The predicted octanol–water partition coefficient (Wildman–Crippen LogP) is 3.99. The van der Waals surface area contributed by atoms with E-state index in [0.717, 1.165) is 11.1 Å². The van der Waals surface area contributed by atoms with Crippen LogP contribution in [0.1, 0.15) is 11.1 Å². The molecule has 0 saturated heterocycles. The summed E-state index contributed by atoms with van der Waals surface area (Å²) < 4.78 is 27.2. The second-order valence-corrected chi connectivity index (χ2v) is 7.27. The molecule has 0 aromatic heterocycles. The lowest BCUT2D eigenvalue weighted by atomic mass is 10.1. The molecule has 0 bridgehead atoms. The van der Waals surface area contributed by atoms with Gasteiger partial charge in [-0.3, -0.25) is 4.72 Å². The summed E-state index contributed by atoms with van der Waals surface area (Å²) in [6, 6.07) is 7.48. The zero-order valence-corrected chi connectivity index (χ0v) is 13.8. The van der Waals surface area contributed by atoms with Gasteiger partial charge in [-0.05, 0) is 55.3 Å². The van der Waals surface area contributed by atoms with Crippen LogP contribution in [0, 0.1) is 13.8 Å². The van der Waals surface area contributed by atoms with E-state index in [1.165, 1.54) is 24.3 Å².